The van der Waals surface area contributed by atoms with Gasteiger partial charge in [0.2, 0.25) is 0 Å². The number of nitrogens with two attached hydrogens (primary N) is 1. The summed E-state index contributed by atoms with van der Waals surface area (Å²) in [5.74, 6) is -0.877. The van der Waals surface area contributed by atoms with Crippen molar-refractivity contribution in [3.8, 4) is 0 Å². The molecule has 0 spiro atoms. The minimum atomic E-state index is -0.877. The molecule has 1 unspecified atom stereocenters. The fourth-order valence-electron chi connectivity index (χ4n) is 3.40. The Bertz CT molecular complexity index is 688. The van der Waals surface area contributed by atoms with E-state index in [1.54, 1.807) is 0 Å². The van der Waals surface area contributed by atoms with Crippen molar-refractivity contribution in [1.29, 1.82) is 0 Å². The summed E-state index contributed by atoms with van der Waals surface area (Å²) < 4.78 is 0. The highest BCUT2D eigenvalue weighted by molar-refractivity contribution is 5.93. The molecular weight excluding hydrogens is 264 g/mol. The monoisotopic (exact) mass is 282 g/mol. The molecule has 2 heterocycles. The Balaban J connectivity index is 2.26. The maximum atomic E-state index is 11.9. The molecule has 0 saturated heterocycles. The van der Waals surface area contributed by atoms with E-state index in [9.17, 15) is 9.90 Å². The van der Waals surface area contributed by atoms with Gasteiger partial charge in [-0.15, -0.1) is 0 Å². The number of carbonyl (C=O) groups is 1. The molecule has 0 aromatic heterocycles. The number of benzene rings is 1. The summed E-state index contributed by atoms with van der Waals surface area (Å²) >= 11 is 0. The second-order valence-corrected chi connectivity index (χ2v) is 5.42. The predicted molar refractivity (Wildman–Crippen MR) is 82.5 cm³/mol. The van der Waals surface area contributed by atoms with Gasteiger partial charge in [0.15, 0.2) is 0 Å². The lowest BCUT2D eigenvalue weighted by molar-refractivity contribution is -0.133. The van der Waals surface area contributed by atoms with Crippen LogP contribution in [0.5, 0.6) is 0 Å². The number of fused-ring (bicyclic) bond motifs is 1. The van der Waals surface area contributed by atoms with E-state index in [1.807, 2.05) is 60.5 Å². The zero-order valence-corrected chi connectivity index (χ0v) is 11.9. The highest BCUT2D eigenvalue weighted by Gasteiger charge is 2.48. The fraction of sp³-hybridized carbons (Fsp3) is 0.235. The number of aliphatic carboxylic acids is 1. The lowest BCUT2D eigenvalue weighted by atomic mass is 9.72. The highest BCUT2D eigenvalue weighted by atomic mass is 16.4. The molecule has 4 heteroatoms. The van der Waals surface area contributed by atoms with E-state index in [2.05, 4.69) is 0 Å². The van der Waals surface area contributed by atoms with Gasteiger partial charge in [-0.05, 0) is 30.2 Å². The van der Waals surface area contributed by atoms with Crippen molar-refractivity contribution >= 4 is 11.7 Å². The molecule has 1 aromatic carbocycles. The van der Waals surface area contributed by atoms with Gasteiger partial charge in [-0.2, -0.15) is 0 Å². The average Bonchev–Trinajstić information content (AvgIpc) is 2.83. The summed E-state index contributed by atoms with van der Waals surface area (Å²) in [6.07, 6.45) is 8.26. The largest absolute Gasteiger partial charge is 0.478 e. The van der Waals surface area contributed by atoms with Crippen LogP contribution in [0.15, 0.2) is 60.0 Å². The van der Waals surface area contributed by atoms with Crippen molar-refractivity contribution in [3.63, 3.8) is 0 Å². The van der Waals surface area contributed by atoms with Crippen molar-refractivity contribution in [2.75, 3.05) is 12.3 Å². The van der Waals surface area contributed by atoms with E-state index in [-0.39, 0.29) is 0 Å². The molecule has 4 nitrogen and oxygen atoms in total. The molecule has 1 aromatic rings. The van der Waals surface area contributed by atoms with E-state index >= 15 is 0 Å². The molecule has 0 aliphatic carbocycles. The molecule has 0 amide bonds. The minimum Gasteiger partial charge on any atom is -0.478 e. The average molecular weight is 282 g/mol. The van der Waals surface area contributed by atoms with Crippen LogP contribution < -0.4 is 5.73 Å². The molecule has 0 fully saturated rings. The Morgan fingerprint density at radius 1 is 1.38 bits per heavy atom. The highest BCUT2D eigenvalue weighted by Crippen LogP contribution is 2.47. The predicted octanol–water partition coefficient (Wildman–Crippen LogP) is 2.65. The lowest BCUT2D eigenvalue weighted by Crippen LogP contribution is -2.35. The maximum Gasteiger partial charge on any atom is 0.334 e. The Hall–Kier alpha value is -2.49. The number of nitrogen functional groups attached to an aromatic ring is 1. The van der Waals surface area contributed by atoms with E-state index in [0.29, 0.717) is 24.2 Å². The Labute approximate surface area is 123 Å². The van der Waals surface area contributed by atoms with Gasteiger partial charge in [-0.25, -0.2) is 4.79 Å². The van der Waals surface area contributed by atoms with Crippen LogP contribution in [0.4, 0.5) is 5.69 Å². The molecule has 0 bridgehead atoms. The first kappa shape index (κ1) is 13.5. The standard InChI is InChI=1S/C17H18N2O2/c1-2-17(12-7-3-4-8-13(12)18)11-19-10-6-5-9-14(19)15(17)16(20)21/h3-10H,2,11,18H2,1H3,(H,20,21). The summed E-state index contributed by atoms with van der Waals surface area (Å²) in [6, 6.07) is 7.56. The quantitative estimate of drug-likeness (QED) is 0.836. The Kier molecular flexibility index (Phi) is 3.09. The molecule has 2 aliphatic heterocycles. The molecular formula is C17H18N2O2. The van der Waals surface area contributed by atoms with Crippen LogP contribution in [-0.2, 0) is 10.2 Å². The van der Waals surface area contributed by atoms with Crippen LogP contribution in [0.3, 0.4) is 0 Å². The third kappa shape index (κ3) is 1.87. The zero-order chi connectivity index (χ0) is 15.0. The topological polar surface area (TPSA) is 66.6 Å². The number of allylic oxidation sites excluding steroid dienone is 3. The summed E-state index contributed by atoms with van der Waals surface area (Å²) in [7, 11) is 0. The van der Waals surface area contributed by atoms with E-state index < -0.39 is 11.4 Å². The van der Waals surface area contributed by atoms with Crippen molar-refractivity contribution < 1.29 is 9.90 Å². The smallest absolute Gasteiger partial charge is 0.334 e. The van der Waals surface area contributed by atoms with E-state index in [1.165, 1.54) is 0 Å². The second kappa shape index (κ2) is 4.81. The summed E-state index contributed by atoms with van der Waals surface area (Å²) in [5, 5.41) is 9.79. The summed E-state index contributed by atoms with van der Waals surface area (Å²) in [4.78, 5) is 13.9. The van der Waals surface area contributed by atoms with Crippen LogP contribution in [0.2, 0.25) is 0 Å². The van der Waals surface area contributed by atoms with Crippen molar-refractivity contribution in [2.24, 2.45) is 0 Å². The number of hydrogen-bond acceptors (Lipinski definition) is 3. The summed E-state index contributed by atoms with van der Waals surface area (Å²) in [5.41, 5.74) is 8.30. The van der Waals surface area contributed by atoms with Gasteiger partial charge >= 0.3 is 5.97 Å². The van der Waals surface area contributed by atoms with E-state index in [4.69, 9.17) is 5.73 Å². The lowest BCUT2D eigenvalue weighted by Gasteiger charge is -2.31. The molecule has 1 atom stereocenters. The normalized spacial score (nSPS) is 23.6. The fourth-order valence-corrected chi connectivity index (χ4v) is 3.40. The van der Waals surface area contributed by atoms with Gasteiger partial charge in [0, 0.05) is 23.8 Å². The van der Waals surface area contributed by atoms with Gasteiger partial charge in [-0.3, -0.25) is 0 Å². The SMILES string of the molecule is CCC1(c2ccccc2N)CN2C=CC=CC2=C1C(=O)O. The number of para-hydroxylation sites is 1. The second-order valence-electron chi connectivity index (χ2n) is 5.42. The van der Waals surface area contributed by atoms with Gasteiger partial charge in [0.25, 0.3) is 0 Å². The molecule has 3 rings (SSSR count). The van der Waals surface area contributed by atoms with Gasteiger partial charge in [-0.1, -0.05) is 31.2 Å². The van der Waals surface area contributed by atoms with Crippen LogP contribution >= 0.6 is 0 Å². The van der Waals surface area contributed by atoms with Gasteiger partial charge in [0.1, 0.15) is 0 Å². The first-order chi connectivity index (χ1) is 10.1. The number of carboxylic acids is 1. The number of hydrogen-bond donors (Lipinski definition) is 2. The third-order valence-electron chi connectivity index (χ3n) is 4.41. The zero-order valence-electron chi connectivity index (χ0n) is 11.9. The van der Waals surface area contributed by atoms with Gasteiger partial charge in [0.05, 0.1) is 11.3 Å². The number of anilines is 1. The first-order valence-corrected chi connectivity index (χ1v) is 7.04. The number of nitrogens with zero attached hydrogens (tertiary/aromatic N) is 1. The molecule has 21 heavy (non-hydrogen) atoms. The van der Waals surface area contributed by atoms with Crippen molar-refractivity contribution in [2.45, 2.75) is 18.8 Å². The van der Waals surface area contributed by atoms with Crippen LogP contribution in [0.1, 0.15) is 18.9 Å². The Morgan fingerprint density at radius 3 is 2.81 bits per heavy atom. The molecule has 3 N–H and O–H groups in total. The van der Waals surface area contributed by atoms with Crippen LogP contribution in [0, 0.1) is 0 Å². The molecule has 2 aliphatic rings. The molecule has 108 valence electrons. The Morgan fingerprint density at radius 2 is 2.14 bits per heavy atom. The minimum absolute atomic E-state index is 0.434. The van der Waals surface area contributed by atoms with Crippen molar-refractivity contribution in [1.82, 2.24) is 4.90 Å². The van der Waals surface area contributed by atoms with Crippen molar-refractivity contribution in [3.05, 3.63) is 65.5 Å². The third-order valence-corrected chi connectivity index (χ3v) is 4.41. The van der Waals surface area contributed by atoms with E-state index in [0.717, 1.165) is 11.3 Å². The van der Waals surface area contributed by atoms with Gasteiger partial charge < -0.3 is 15.7 Å². The van der Waals surface area contributed by atoms with Crippen LogP contribution in [0.25, 0.3) is 0 Å². The number of rotatable bonds is 3. The first-order valence-electron chi connectivity index (χ1n) is 7.04. The molecule has 0 saturated carbocycles. The molecule has 0 radical (unpaired) electrons. The maximum absolute atomic E-state index is 11.9. The van der Waals surface area contributed by atoms with Crippen LogP contribution in [-0.4, -0.2) is 22.5 Å². The number of carboxylic acid groups (broad SMARTS) is 1. The summed E-state index contributed by atoms with van der Waals surface area (Å²) in [6.45, 7) is 2.62.